The summed E-state index contributed by atoms with van der Waals surface area (Å²) >= 11 is 0. The molecule has 2 aliphatic heterocycles. The van der Waals surface area contributed by atoms with E-state index in [1.54, 1.807) is 12.1 Å². The molecule has 7 nitrogen and oxygen atoms in total. The second-order valence-corrected chi connectivity index (χ2v) is 6.18. The molecule has 0 radical (unpaired) electrons. The van der Waals surface area contributed by atoms with Crippen molar-refractivity contribution >= 4 is 21.6 Å². The minimum atomic E-state index is -3.55. The zero-order chi connectivity index (χ0) is 13.5. The lowest BCUT2D eigenvalue weighted by Gasteiger charge is -2.18. The van der Waals surface area contributed by atoms with Gasteiger partial charge in [0.2, 0.25) is 6.79 Å². The maximum Gasteiger partial charge on any atom is 0.301 e. The predicted molar refractivity (Wildman–Crippen MR) is 70.3 cm³/mol. The van der Waals surface area contributed by atoms with Gasteiger partial charge < -0.3 is 15.2 Å². The number of hydrogen-bond acceptors (Lipinski definition) is 5. The Balaban J connectivity index is 1.87. The number of nitrogen functional groups attached to an aromatic ring is 1. The van der Waals surface area contributed by atoms with Gasteiger partial charge in [-0.25, -0.2) is 0 Å². The summed E-state index contributed by atoms with van der Waals surface area (Å²) in [5.74, 6) is 1.02. The molecule has 0 spiro atoms. The lowest BCUT2D eigenvalue weighted by atomic mass is 10.2. The average Bonchev–Trinajstić information content (AvgIpc) is 2.98. The number of anilines is 2. The van der Waals surface area contributed by atoms with Gasteiger partial charge in [-0.2, -0.15) is 12.7 Å². The van der Waals surface area contributed by atoms with Crippen molar-refractivity contribution in [3.63, 3.8) is 0 Å². The molecule has 8 heteroatoms. The molecule has 2 aliphatic rings. The van der Waals surface area contributed by atoms with Gasteiger partial charge in [-0.15, -0.1) is 0 Å². The van der Waals surface area contributed by atoms with Gasteiger partial charge in [0.25, 0.3) is 0 Å². The molecule has 0 saturated carbocycles. The maximum absolute atomic E-state index is 12.1. The van der Waals surface area contributed by atoms with Crippen molar-refractivity contribution in [2.45, 2.75) is 12.8 Å². The third-order valence-electron chi connectivity index (χ3n) is 3.19. The minimum absolute atomic E-state index is 0.122. The van der Waals surface area contributed by atoms with Crippen LogP contribution in [0.25, 0.3) is 0 Å². The Morgan fingerprint density at radius 2 is 1.79 bits per heavy atom. The molecule has 1 fully saturated rings. The Labute approximate surface area is 111 Å². The highest BCUT2D eigenvalue weighted by Crippen LogP contribution is 2.38. The molecular weight excluding hydrogens is 270 g/mol. The van der Waals surface area contributed by atoms with E-state index in [-0.39, 0.29) is 6.79 Å². The molecule has 3 rings (SSSR count). The molecule has 19 heavy (non-hydrogen) atoms. The predicted octanol–water partition coefficient (Wildman–Crippen LogP) is 0.750. The topological polar surface area (TPSA) is 93.9 Å². The highest BCUT2D eigenvalue weighted by molar-refractivity contribution is 7.90. The molecular formula is C11H15N3O4S. The Morgan fingerprint density at radius 1 is 1.16 bits per heavy atom. The Bertz CT molecular complexity index is 596. The summed E-state index contributed by atoms with van der Waals surface area (Å²) < 4.78 is 38.6. The van der Waals surface area contributed by atoms with Crippen LogP contribution in [0.15, 0.2) is 12.1 Å². The van der Waals surface area contributed by atoms with E-state index in [1.165, 1.54) is 4.31 Å². The maximum atomic E-state index is 12.1. The summed E-state index contributed by atoms with van der Waals surface area (Å²) in [7, 11) is -3.55. The third-order valence-corrected chi connectivity index (χ3v) is 4.71. The first-order valence-electron chi connectivity index (χ1n) is 6.03. The molecule has 0 atom stereocenters. The van der Waals surface area contributed by atoms with E-state index in [0.717, 1.165) is 12.8 Å². The van der Waals surface area contributed by atoms with Gasteiger partial charge in [0.05, 0.1) is 11.4 Å². The number of rotatable bonds is 3. The van der Waals surface area contributed by atoms with Crippen LogP contribution >= 0.6 is 0 Å². The molecule has 0 bridgehead atoms. The van der Waals surface area contributed by atoms with E-state index in [2.05, 4.69) is 4.72 Å². The van der Waals surface area contributed by atoms with Gasteiger partial charge >= 0.3 is 10.2 Å². The number of fused-ring (bicyclic) bond motifs is 1. The number of nitrogens with zero attached hydrogens (tertiary/aromatic N) is 1. The summed E-state index contributed by atoms with van der Waals surface area (Å²) in [6.07, 6.45) is 1.77. The zero-order valence-electron chi connectivity index (χ0n) is 10.3. The number of nitrogens with two attached hydrogens (primary N) is 1. The lowest BCUT2D eigenvalue weighted by Crippen LogP contribution is -2.33. The lowest BCUT2D eigenvalue weighted by molar-refractivity contribution is 0.174. The van der Waals surface area contributed by atoms with E-state index in [4.69, 9.17) is 15.2 Å². The van der Waals surface area contributed by atoms with Gasteiger partial charge in [-0.05, 0) is 12.8 Å². The van der Waals surface area contributed by atoms with Crippen LogP contribution in [0, 0.1) is 0 Å². The summed E-state index contributed by atoms with van der Waals surface area (Å²) in [6, 6.07) is 3.11. The zero-order valence-corrected chi connectivity index (χ0v) is 11.1. The summed E-state index contributed by atoms with van der Waals surface area (Å²) in [6.45, 7) is 1.21. The minimum Gasteiger partial charge on any atom is -0.454 e. The van der Waals surface area contributed by atoms with Crippen LogP contribution in [0.1, 0.15) is 12.8 Å². The van der Waals surface area contributed by atoms with Crippen molar-refractivity contribution in [1.82, 2.24) is 4.31 Å². The fourth-order valence-electron chi connectivity index (χ4n) is 2.18. The van der Waals surface area contributed by atoms with Crippen LogP contribution in [0.2, 0.25) is 0 Å². The first-order chi connectivity index (χ1) is 9.06. The highest BCUT2D eigenvalue weighted by Gasteiger charge is 2.26. The van der Waals surface area contributed by atoms with Crippen LogP contribution < -0.4 is 19.9 Å². The van der Waals surface area contributed by atoms with Crippen molar-refractivity contribution in [2.75, 3.05) is 30.3 Å². The molecule has 104 valence electrons. The first kappa shape index (κ1) is 12.4. The number of benzene rings is 1. The van der Waals surface area contributed by atoms with E-state index >= 15 is 0 Å². The van der Waals surface area contributed by atoms with Crippen molar-refractivity contribution in [3.05, 3.63) is 12.1 Å². The molecule has 1 saturated heterocycles. The Hall–Kier alpha value is -1.67. The fourth-order valence-corrected chi connectivity index (χ4v) is 3.50. The number of hydrogen-bond donors (Lipinski definition) is 2. The highest BCUT2D eigenvalue weighted by atomic mass is 32.2. The van der Waals surface area contributed by atoms with E-state index in [0.29, 0.717) is 36.0 Å². The Morgan fingerprint density at radius 3 is 2.47 bits per heavy atom. The fraction of sp³-hybridized carbons (Fsp3) is 0.455. The van der Waals surface area contributed by atoms with Crippen molar-refractivity contribution in [3.8, 4) is 11.5 Å². The van der Waals surface area contributed by atoms with Crippen LogP contribution in [-0.4, -0.2) is 32.6 Å². The van der Waals surface area contributed by atoms with Gasteiger partial charge in [-0.3, -0.25) is 4.72 Å². The SMILES string of the molecule is Nc1cc2c(cc1NS(=O)(=O)N1CCCC1)OCO2. The van der Waals surface area contributed by atoms with E-state index in [9.17, 15) is 8.42 Å². The van der Waals surface area contributed by atoms with Crippen molar-refractivity contribution < 1.29 is 17.9 Å². The summed E-state index contributed by atoms with van der Waals surface area (Å²) in [4.78, 5) is 0. The van der Waals surface area contributed by atoms with E-state index < -0.39 is 10.2 Å². The van der Waals surface area contributed by atoms with Crippen molar-refractivity contribution in [2.24, 2.45) is 0 Å². The molecule has 0 aliphatic carbocycles. The second kappa shape index (κ2) is 4.46. The van der Waals surface area contributed by atoms with Crippen LogP contribution in [0.3, 0.4) is 0 Å². The molecule has 1 aromatic rings. The van der Waals surface area contributed by atoms with Gasteiger partial charge in [0.1, 0.15) is 0 Å². The van der Waals surface area contributed by atoms with Gasteiger partial charge in [0, 0.05) is 25.2 Å². The molecule has 0 amide bonds. The molecule has 1 aromatic carbocycles. The van der Waals surface area contributed by atoms with Gasteiger partial charge in [-0.1, -0.05) is 0 Å². The van der Waals surface area contributed by atoms with Crippen LogP contribution in [0.4, 0.5) is 11.4 Å². The monoisotopic (exact) mass is 285 g/mol. The van der Waals surface area contributed by atoms with Gasteiger partial charge in [0.15, 0.2) is 11.5 Å². The van der Waals surface area contributed by atoms with E-state index in [1.807, 2.05) is 0 Å². The quantitative estimate of drug-likeness (QED) is 0.799. The molecule has 0 unspecified atom stereocenters. The smallest absolute Gasteiger partial charge is 0.301 e. The second-order valence-electron chi connectivity index (χ2n) is 4.51. The average molecular weight is 285 g/mol. The van der Waals surface area contributed by atoms with Crippen LogP contribution in [-0.2, 0) is 10.2 Å². The summed E-state index contributed by atoms with van der Waals surface area (Å²) in [5, 5.41) is 0. The first-order valence-corrected chi connectivity index (χ1v) is 7.47. The summed E-state index contributed by atoms with van der Waals surface area (Å²) in [5.41, 5.74) is 6.45. The molecule has 0 aromatic heterocycles. The van der Waals surface area contributed by atoms with Crippen LogP contribution in [0.5, 0.6) is 11.5 Å². The molecule has 2 heterocycles. The number of ether oxygens (including phenoxy) is 2. The Kier molecular flexibility index (Phi) is 2.90. The standard InChI is InChI=1S/C11H15N3O4S/c12-8-5-10-11(18-7-17-10)6-9(8)13-19(15,16)14-3-1-2-4-14/h5-6,13H,1-4,7,12H2. The normalized spacial score (nSPS) is 18.7. The molecule has 3 N–H and O–H groups in total. The van der Waals surface area contributed by atoms with Crippen molar-refractivity contribution in [1.29, 1.82) is 0 Å². The third kappa shape index (κ3) is 2.28. The largest absolute Gasteiger partial charge is 0.454 e. The number of nitrogens with one attached hydrogen (secondary N) is 1.